The molecule has 0 aromatic heterocycles. The Labute approximate surface area is 266 Å². The maximum absolute atomic E-state index is 15.5. The lowest BCUT2D eigenvalue weighted by molar-refractivity contribution is -0.170. The number of alkyl halides is 2. The summed E-state index contributed by atoms with van der Waals surface area (Å²) in [6, 6.07) is 21.0. The number of benzene rings is 3. The van der Waals surface area contributed by atoms with E-state index in [1.807, 2.05) is 30.3 Å². The molecule has 1 heterocycles. The maximum Gasteiger partial charge on any atom is 0.413 e. The number of ketones is 1. The molecule has 244 valence electrons. The highest BCUT2D eigenvalue weighted by molar-refractivity contribution is 6.10. The topological polar surface area (TPSA) is 123 Å². The molecular weight excluding hydrogens is 600 g/mol. The molecule has 0 bridgehead atoms. The van der Waals surface area contributed by atoms with E-state index < -0.39 is 47.6 Å². The van der Waals surface area contributed by atoms with Crippen molar-refractivity contribution in [3.63, 3.8) is 0 Å². The summed E-state index contributed by atoms with van der Waals surface area (Å²) in [7, 11) is 0. The van der Waals surface area contributed by atoms with Crippen molar-refractivity contribution < 1.29 is 42.2 Å². The van der Waals surface area contributed by atoms with E-state index >= 15 is 8.78 Å². The lowest BCUT2D eigenvalue weighted by Crippen LogP contribution is -2.60. The molecule has 1 aliphatic heterocycles. The number of halogens is 2. The van der Waals surface area contributed by atoms with Crippen LogP contribution in [0.5, 0.6) is 11.5 Å². The molecule has 4 rings (SSSR count). The van der Waals surface area contributed by atoms with Gasteiger partial charge in [-0.3, -0.25) is 14.4 Å². The van der Waals surface area contributed by atoms with Crippen molar-refractivity contribution in [3.05, 3.63) is 96.1 Å². The van der Waals surface area contributed by atoms with Crippen LogP contribution in [0.4, 0.5) is 13.6 Å². The summed E-state index contributed by atoms with van der Waals surface area (Å²) < 4.78 is 47.1. The molecule has 0 aliphatic carbocycles. The molecule has 2 N–H and O–H groups in total. The molecule has 3 aromatic carbocycles. The second-order valence-electron chi connectivity index (χ2n) is 11.1. The Bertz CT molecular complexity index is 1470. The Kier molecular flexibility index (Phi) is 11.8. The largest absolute Gasteiger partial charge is 0.489 e. The number of nitrogens with zero attached hydrogens (tertiary/aromatic N) is 1. The van der Waals surface area contributed by atoms with E-state index in [2.05, 4.69) is 10.6 Å². The summed E-state index contributed by atoms with van der Waals surface area (Å²) in [6.07, 6.45) is -1.30. The van der Waals surface area contributed by atoms with Gasteiger partial charge in [-0.25, -0.2) is 4.79 Å². The van der Waals surface area contributed by atoms with E-state index in [1.165, 1.54) is 0 Å². The molecule has 10 nitrogen and oxygen atoms in total. The number of hydrogen-bond donors (Lipinski definition) is 2. The van der Waals surface area contributed by atoms with Crippen molar-refractivity contribution in [1.29, 1.82) is 0 Å². The molecular formula is C34H37F2N3O7. The van der Waals surface area contributed by atoms with Gasteiger partial charge >= 0.3 is 17.9 Å². The molecule has 0 spiro atoms. The monoisotopic (exact) mass is 637 g/mol. The van der Waals surface area contributed by atoms with Gasteiger partial charge in [0.2, 0.25) is 11.7 Å². The summed E-state index contributed by atoms with van der Waals surface area (Å²) >= 11 is 0. The molecule has 0 radical (unpaired) electrons. The van der Waals surface area contributed by atoms with Crippen LogP contribution in [-0.2, 0) is 32.1 Å². The number of carbonyl (C=O) groups is 4. The molecule has 3 amide bonds. The number of amides is 3. The Hall–Kier alpha value is -4.84. The predicted molar refractivity (Wildman–Crippen MR) is 164 cm³/mol. The SMILES string of the molecule is CC(C)[C@H](NC(=O)Oc1ccccc1)C(=O)NC(Cc1ccc(OCc2ccccc2)cc1)C(=O)C(F)(F)C(=O)N1CCOCC1. The first-order chi connectivity index (χ1) is 22.0. The van der Waals surface area contributed by atoms with Gasteiger partial charge in [-0.2, -0.15) is 8.78 Å². The number of ether oxygens (including phenoxy) is 3. The van der Waals surface area contributed by atoms with Crippen molar-refractivity contribution >= 4 is 23.7 Å². The zero-order chi connectivity index (χ0) is 33.1. The fourth-order valence-corrected chi connectivity index (χ4v) is 4.75. The minimum absolute atomic E-state index is 0.0652. The smallest absolute Gasteiger partial charge is 0.413 e. The van der Waals surface area contributed by atoms with Crippen LogP contribution in [0.15, 0.2) is 84.9 Å². The molecule has 0 saturated carbocycles. The maximum atomic E-state index is 15.5. The molecule has 3 aromatic rings. The van der Waals surface area contributed by atoms with Crippen molar-refractivity contribution in [1.82, 2.24) is 15.5 Å². The van der Waals surface area contributed by atoms with Crippen LogP contribution in [0.2, 0.25) is 0 Å². The van der Waals surface area contributed by atoms with E-state index in [1.54, 1.807) is 68.4 Å². The zero-order valence-electron chi connectivity index (χ0n) is 25.6. The molecule has 12 heteroatoms. The van der Waals surface area contributed by atoms with E-state index in [9.17, 15) is 19.2 Å². The molecule has 1 fully saturated rings. The van der Waals surface area contributed by atoms with Crippen LogP contribution in [0.1, 0.15) is 25.0 Å². The van der Waals surface area contributed by atoms with Crippen molar-refractivity contribution in [2.75, 3.05) is 26.3 Å². The highest BCUT2D eigenvalue weighted by Crippen LogP contribution is 2.24. The van der Waals surface area contributed by atoms with Crippen LogP contribution in [0, 0.1) is 5.92 Å². The third-order valence-electron chi connectivity index (χ3n) is 7.30. The highest BCUT2D eigenvalue weighted by atomic mass is 19.3. The third kappa shape index (κ3) is 9.33. The zero-order valence-corrected chi connectivity index (χ0v) is 25.6. The Morgan fingerprint density at radius 3 is 2.04 bits per heavy atom. The van der Waals surface area contributed by atoms with E-state index in [0.29, 0.717) is 17.9 Å². The van der Waals surface area contributed by atoms with Crippen LogP contribution in [0.25, 0.3) is 0 Å². The van der Waals surface area contributed by atoms with Crippen LogP contribution in [-0.4, -0.2) is 72.9 Å². The average molecular weight is 638 g/mol. The standard InChI is InChI=1S/C34H37F2N3O7/c1-23(2)29(38-33(43)46-27-11-7-4-8-12-27)31(41)37-28(30(40)34(35,36)32(42)39-17-19-44-20-18-39)21-24-13-15-26(16-14-24)45-22-25-9-5-3-6-10-25/h3-16,23,28-29H,17-22H2,1-2H3,(H,37,41)(H,38,43)/t28?,29-/m0/s1. The Morgan fingerprint density at radius 1 is 0.826 bits per heavy atom. The molecule has 46 heavy (non-hydrogen) atoms. The minimum atomic E-state index is -4.43. The Morgan fingerprint density at radius 2 is 1.43 bits per heavy atom. The fraction of sp³-hybridized carbons (Fsp3) is 0.353. The minimum Gasteiger partial charge on any atom is -0.489 e. The molecule has 2 atom stereocenters. The summed E-state index contributed by atoms with van der Waals surface area (Å²) in [5, 5.41) is 4.82. The summed E-state index contributed by atoms with van der Waals surface area (Å²) in [5.41, 5.74) is 1.38. The van der Waals surface area contributed by atoms with Crippen molar-refractivity contribution in [2.24, 2.45) is 5.92 Å². The number of morpholine rings is 1. The Balaban J connectivity index is 1.51. The number of Topliss-reactive ketones (excluding diaryl/α,β-unsaturated/α-hetero) is 1. The normalized spacial score (nSPS) is 14.6. The first kappa shape index (κ1) is 34.0. The van der Waals surface area contributed by atoms with Crippen molar-refractivity contribution in [3.8, 4) is 11.5 Å². The number of hydrogen-bond acceptors (Lipinski definition) is 7. The number of carbonyl (C=O) groups excluding carboxylic acids is 4. The van der Waals surface area contributed by atoms with Crippen molar-refractivity contribution in [2.45, 2.75) is 44.9 Å². The van der Waals surface area contributed by atoms with Gasteiger partial charge in [-0.15, -0.1) is 0 Å². The first-order valence-electron chi connectivity index (χ1n) is 14.9. The lowest BCUT2D eigenvalue weighted by atomic mass is 9.96. The number of nitrogens with one attached hydrogen (secondary N) is 2. The van der Waals surface area contributed by atoms with Gasteiger partial charge in [-0.1, -0.05) is 74.5 Å². The summed E-state index contributed by atoms with van der Waals surface area (Å²) in [4.78, 5) is 53.1. The fourth-order valence-electron chi connectivity index (χ4n) is 4.75. The quantitative estimate of drug-likeness (QED) is 0.270. The molecule has 1 unspecified atom stereocenters. The van der Waals surface area contributed by atoms with E-state index in [4.69, 9.17) is 14.2 Å². The summed E-state index contributed by atoms with van der Waals surface area (Å²) in [5.74, 6) is -8.53. The molecule has 1 aliphatic rings. The lowest BCUT2D eigenvalue weighted by Gasteiger charge is -2.31. The first-order valence-corrected chi connectivity index (χ1v) is 14.9. The molecule has 1 saturated heterocycles. The van der Waals surface area contributed by atoms with Gasteiger partial charge in [0.1, 0.15) is 24.1 Å². The average Bonchev–Trinajstić information content (AvgIpc) is 3.07. The predicted octanol–water partition coefficient (Wildman–Crippen LogP) is 4.17. The second-order valence-corrected chi connectivity index (χ2v) is 11.1. The third-order valence-corrected chi connectivity index (χ3v) is 7.30. The van der Waals surface area contributed by atoms with E-state index in [0.717, 1.165) is 10.5 Å². The van der Waals surface area contributed by atoms with Gasteiger partial charge in [-0.05, 0) is 41.3 Å². The number of rotatable bonds is 13. The highest BCUT2D eigenvalue weighted by Gasteiger charge is 2.52. The summed E-state index contributed by atoms with van der Waals surface area (Å²) in [6.45, 7) is 3.52. The van der Waals surface area contributed by atoms with Gasteiger partial charge in [0, 0.05) is 19.5 Å². The van der Waals surface area contributed by atoms with Gasteiger partial charge < -0.3 is 29.7 Å². The number of para-hydroxylation sites is 1. The van der Waals surface area contributed by atoms with E-state index in [-0.39, 0.29) is 38.5 Å². The second kappa shape index (κ2) is 15.9. The van der Waals surface area contributed by atoms with Crippen LogP contribution >= 0.6 is 0 Å². The van der Waals surface area contributed by atoms with Crippen LogP contribution < -0.4 is 20.1 Å². The van der Waals surface area contributed by atoms with Gasteiger partial charge in [0.25, 0.3) is 0 Å². The van der Waals surface area contributed by atoms with Crippen LogP contribution in [0.3, 0.4) is 0 Å². The van der Waals surface area contributed by atoms with Gasteiger partial charge in [0.05, 0.1) is 19.3 Å². The van der Waals surface area contributed by atoms with Gasteiger partial charge in [0.15, 0.2) is 0 Å².